The lowest BCUT2D eigenvalue weighted by Crippen LogP contribution is -2.16. The molecule has 0 aliphatic rings. The van der Waals surface area contributed by atoms with Gasteiger partial charge in [-0.1, -0.05) is 109 Å². The average molecular weight is 831 g/mol. The predicted octanol–water partition coefficient (Wildman–Crippen LogP) is 10.8. The molecule has 63 heavy (non-hydrogen) atoms. The first kappa shape index (κ1) is 37.1. The number of aliphatic imine (C=N–C) groups is 2. The highest BCUT2D eigenvalue weighted by atomic mass is 16.3. The number of phenolic OH excluding ortho intramolecular Hbond substituents is 6. The van der Waals surface area contributed by atoms with Crippen molar-refractivity contribution in [2.24, 2.45) is 15.7 Å². The summed E-state index contributed by atoms with van der Waals surface area (Å²) >= 11 is 0. The van der Waals surface area contributed by atoms with Gasteiger partial charge < -0.3 is 49.8 Å². The van der Waals surface area contributed by atoms with Crippen LogP contribution >= 0.6 is 0 Å². The second-order valence-electron chi connectivity index (χ2n) is 15.2. The summed E-state index contributed by atoms with van der Waals surface area (Å²) in [4.78, 5) is 10.0. The van der Waals surface area contributed by atoms with Crippen molar-refractivity contribution in [3.8, 4) is 51.3 Å². The van der Waals surface area contributed by atoms with Crippen LogP contribution in [0.15, 0.2) is 164 Å². The molecule has 11 rings (SSSR count). The Kier molecular flexibility index (Phi) is 8.31. The van der Waals surface area contributed by atoms with Crippen LogP contribution in [-0.4, -0.2) is 46.9 Å². The number of hydrogen-bond donors (Lipinski definition) is 7. The van der Waals surface area contributed by atoms with Crippen molar-refractivity contribution >= 4 is 77.4 Å². The number of para-hydroxylation sites is 4. The molecule has 0 unspecified atom stereocenters. The van der Waals surface area contributed by atoms with E-state index in [0.717, 1.165) is 39.2 Å². The number of rotatable bonds is 6. The van der Waals surface area contributed by atoms with Gasteiger partial charge in [-0.05, 0) is 35.4 Å². The van der Waals surface area contributed by atoms with Crippen molar-refractivity contribution in [1.82, 2.24) is 4.57 Å². The van der Waals surface area contributed by atoms with Crippen molar-refractivity contribution in [3.63, 3.8) is 0 Å². The van der Waals surface area contributed by atoms with Gasteiger partial charge in [0.25, 0.3) is 0 Å². The molecule has 0 atom stereocenters. The highest BCUT2D eigenvalue weighted by molar-refractivity contribution is 6.20. The quantitative estimate of drug-likeness (QED) is 0.0368. The number of phenols is 6. The second kappa shape index (κ2) is 14.1. The summed E-state index contributed by atoms with van der Waals surface area (Å²) in [5, 5.41) is 70.5. The summed E-state index contributed by atoms with van der Waals surface area (Å²) in [6.07, 6.45) is 0. The molecule has 0 fully saturated rings. The van der Waals surface area contributed by atoms with Crippen LogP contribution in [-0.2, 0) is 6.54 Å². The van der Waals surface area contributed by atoms with E-state index in [2.05, 4.69) is 0 Å². The molecule has 8 aromatic carbocycles. The summed E-state index contributed by atoms with van der Waals surface area (Å²) in [6, 6.07) is 43.8. The van der Waals surface area contributed by atoms with Crippen molar-refractivity contribution in [1.29, 1.82) is 0 Å². The zero-order valence-corrected chi connectivity index (χ0v) is 33.0. The fourth-order valence-electron chi connectivity index (χ4n) is 8.65. The number of aromatic nitrogens is 1. The number of aromatic hydroxyl groups is 6. The zero-order valence-electron chi connectivity index (χ0n) is 33.0. The van der Waals surface area contributed by atoms with E-state index in [1.165, 1.54) is 4.57 Å². The largest absolute Gasteiger partial charge is 0.506 e. The van der Waals surface area contributed by atoms with Crippen LogP contribution in [0.25, 0.3) is 82.5 Å². The molecule has 0 spiro atoms. The fraction of sp³-hybridized carbons (Fsp3) is 0.0196. The maximum absolute atomic E-state index is 11.6. The standard InChI is InChI=1S/C51H34N4O8/c52-50(26-10-2-1-3-11-26)54-51(34-17-9-16-33-31-13-5-7-19-41(31)63-49(33)34)53-25-28-21-20-27(29-14-8-15-32-30-12-4-6-18-40(30)62-48(29)32)22-35(28)55-44-36(56)23-38(58)46(60)42(44)43-45(55)37(57)24-39(59)47(43)61/h1-24,56-61H,25H2,(H2,52,53,54). The van der Waals surface area contributed by atoms with Gasteiger partial charge in [0.1, 0.15) is 50.7 Å². The van der Waals surface area contributed by atoms with Crippen LogP contribution in [0.2, 0.25) is 0 Å². The first-order valence-corrected chi connectivity index (χ1v) is 19.9. The van der Waals surface area contributed by atoms with Crippen molar-refractivity contribution < 1.29 is 39.5 Å². The normalized spacial score (nSPS) is 12.5. The monoisotopic (exact) mass is 830 g/mol. The molecule has 12 nitrogen and oxygen atoms in total. The Labute approximate surface area is 356 Å². The van der Waals surface area contributed by atoms with Crippen molar-refractivity contribution in [2.75, 3.05) is 0 Å². The third-order valence-corrected chi connectivity index (χ3v) is 11.5. The molecular formula is C51H34N4O8. The van der Waals surface area contributed by atoms with Crippen LogP contribution in [0, 0.1) is 0 Å². The summed E-state index contributed by atoms with van der Waals surface area (Å²) in [7, 11) is 0. The molecule has 0 saturated carbocycles. The number of fused-ring (bicyclic) bond motifs is 9. The number of amidine groups is 2. The van der Waals surface area contributed by atoms with E-state index in [4.69, 9.17) is 24.6 Å². The Bertz CT molecular complexity index is 3680. The van der Waals surface area contributed by atoms with Gasteiger partial charge in [0.05, 0.1) is 28.6 Å². The Balaban J connectivity index is 1.20. The lowest BCUT2D eigenvalue weighted by molar-refractivity contribution is 0.400. The third-order valence-electron chi connectivity index (χ3n) is 11.5. The fourth-order valence-corrected chi connectivity index (χ4v) is 8.65. The number of hydrogen-bond acceptors (Lipinski definition) is 9. The molecule has 3 aromatic heterocycles. The smallest absolute Gasteiger partial charge is 0.168 e. The summed E-state index contributed by atoms with van der Waals surface area (Å²) in [5.74, 6) is -3.29. The van der Waals surface area contributed by atoms with Crippen LogP contribution in [0.1, 0.15) is 16.7 Å². The molecule has 0 amide bonds. The highest BCUT2D eigenvalue weighted by Crippen LogP contribution is 2.53. The molecule has 0 bridgehead atoms. The maximum atomic E-state index is 11.6. The van der Waals surface area contributed by atoms with Crippen LogP contribution in [0.4, 0.5) is 0 Å². The van der Waals surface area contributed by atoms with E-state index in [1.54, 1.807) is 0 Å². The molecule has 0 aliphatic carbocycles. The SMILES string of the molecule is NC(=NC(=NCc1ccc(-c2cccc3c2oc2ccccc23)cc1-n1c2c(O)cc(O)c(O)c2c2c(O)c(O)cc(O)c21)c1cccc2c1oc1ccccc12)c1ccccc1. The molecule has 0 saturated heterocycles. The van der Waals surface area contributed by atoms with Gasteiger partial charge in [-0.2, -0.15) is 0 Å². The van der Waals surface area contributed by atoms with E-state index in [-0.39, 0.29) is 40.0 Å². The molecule has 11 aromatic rings. The molecule has 0 radical (unpaired) electrons. The lowest BCUT2D eigenvalue weighted by atomic mass is 9.99. The van der Waals surface area contributed by atoms with E-state index in [9.17, 15) is 30.6 Å². The van der Waals surface area contributed by atoms with Gasteiger partial charge in [-0.3, -0.25) is 4.99 Å². The Morgan fingerprint density at radius 2 is 1.10 bits per heavy atom. The molecular weight excluding hydrogens is 797 g/mol. The van der Waals surface area contributed by atoms with Crippen LogP contribution in [0.5, 0.6) is 34.5 Å². The number of nitrogens with zero attached hydrogens (tertiary/aromatic N) is 3. The highest BCUT2D eigenvalue weighted by Gasteiger charge is 2.29. The first-order valence-electron chi connectivity index (χ1n) is 19.9. The maximum Gasteiger partial charge on any atom is 0.168 e. The van der Waals surface area contributed by atoms with Gasteiger partial charge in [0.2, 0.25) is 0 Å². The van der Waals surface area contributed by atoms with E-state index in [1.807, 2.05) is 133 Å². The van der Waals surface area contributed by atoms with Gasteiger partial charge in [0, 0.05) is 44.8 Å². The van der Waals surface area contributed by atoms with Crippen LogP contribution in [0.3, 0.4) is 0 Å². The minimum atomic E-state index is -0.693. The van der Waals surface area contributed by atoms with E-state index >= 15 is 0 Å². The number of furan rings is 2. The molecule has 306 valence electrons. The summed E-state index contributed by atoms with van der Waals surface area (Å²) in [5.41, 5.74) is 12.6. The molecule has 0 aliphatic heterocycles. The van der Waals surface area contributed by atoms with Crippen LogP contribution < -0.4 is 5.73 Å². The second-order valence-corrected chi connectivity index (χ2v) is 15.2. The van der Waals surface area contributed by atoms with Gasteiger partial charge in [-0.15, -0.1) is 0 Å². The average Bonchev–Trinajstić information content (AvgIpc) is 4.00. The first-order chi connectivity index (χ1) is 30.7. The predicted molar refractivity (Wildman–Crippen MR) is 245 cm³/mol. The molecule has 3 heterocycles. The number of nitrogens with two attached hydrogens (primary N) is 1. The Hall–Kier alpha value is -8.90. The Morgan fingerprint density at radius 1 is 0.540 bits per heavy atom. The minimum absolute atomic E-state index is 0.0706. The minimum Gasteiger partial charge on any atom is -0.506 e. The molecule has 12 heteroatoms. The zero-order chi connectivity index (χ0) is 43.1. The summed E-state index contributed by atoms with van der Waals surface area (Å²) in [6.45, 7) is -0.0706. The Morgan fingerprint density at radius 3 is 1.75 bits per heavy atom. The summed E-state index contributed by atoms with van der Waals surface area (Å²) < 4.78 is 14.3. The molecule has 8 N–H and O–H groups in total. The topological polar surface area (TPSA) is 203 Å². The van der Waals surface area contributed by atoms with E-state index < -0.39 is 34.5 Å². The third kappa shape index (κ3) is 5.76. The van der Waals surface area contributed by atoms with E-state index in [0.29, 0.717) is 50.3 Å². The van der Waals surface area contributed by atoms with Gasteiger partial charge >= 0.3 is 0 Å². The van der Waals surface area contributed by atoms with Crippen molar-refractivity contribution in [2.45, 2.75) is 6.54 Å². The van der Waals surface area contributed by atoms with Crippen molar-refractivity contribution in [3.05, 3.63) is 162 Å². The lowest BCUT2D eigenvalue weighted by Gasteiger charge is -2.17. The van der Waals surface area contributed by atoms with Gasteiger partial charge in [-0.25, -0.2) is 4.99 Å². The number of benzene rings is 8. The van der Waals surface area contributed by atoms with Gasteiger partial charge in [0.15, 0.2) is 28.8 Å².